The van der Waals surface area contributed by atoms with Crippen LogP contribution < -0.4 is 0 Å². The van der Waals surface area contributed by atoms with Crippen molar-refractivity contribution in [3.8, 4) is 0 Å². The molecule has 1 aliphatic rings. The number of amides is 2. The standard InChI is InChI=1S/C20H25N3O3/c1-16(19(24)21(2)15-17-7-4-3-5-8-17)22-10-12-23(13-11-22)20(25)18-9-6-14-26-18/h3-9,14,16H,10-13,15H2,1-2H3/t16-/m1/s1. The van der Waals surface area contributed by atoms with E-state index in [-0.39, 0.29) is 17.9 Å². The van der Waals surface area contributed by atoms with E-state index in [1.807, 2.05) is 44.3 Å². The summed E-state index contributed by atoms with van der Waals surface area (Å²) in [4.78, 5) is 30.7. The minimum Gasteiger partial charge on any atom is -0.459 e. The highest BCUT2D eigenvalue weighted by molar-refractivity contribution is 5.91. The lowest BCUT2D eigenvalue weighted by atomic mass is 10.1. The van der Waals surface area contributed by atoms with Crippen molar-refractivity contribution in [3.63, 3.8) is 0 Å². The zero-order valence-electron chi connectivity index (χ0n) is 15.3. The molecule has 3 rings (SSSR count). The summed E-state index contributed by atoms with van der Waals surface area (Å²) >= 11 is 0. The van der Waals surface area contributed by atoms with Gasteiger partial charge in [0.2, 0.25) is 5.91 Å². The van der Waals surface area contributed by atoms with Gasteiger partial charge in [-0.25, -0.2) is 0 Å². The SMILES string of the molecule is C[C@H](C(=O)N(C)Cc1ccccc1)N1CCN(C(=O)c2ccco2)CC1. The summed E-state index contributed by atoms with van der Waals surface area (Å²) in [6.07, 6.45) is 1.51. The molecule has 6 nitrogen and oxygen atoms in total. The first-order chi connectivity index (χ1) is 12.6. The highest BCUT2D eigenvalue weighted by Crippen LogP contribution is 2.13. The van der Waals surface area contributed by atoms with Gasteiger partial charge in [-0.3, -0.25) is 14.5 Å². The molecule has 1 aliphatic heterocycles. The average molecular weight is 355 g/mol. The van der Waals surface area contributed by atoms with Crippen molar-refractivity contribution >= 4 is 11.8 Å². The van der Waals surface area contributed by atoms with E-state index in [1.165, 1.54) is 6.26 Å². The number of piperazine rings is 1. The molecule has 2 aromatic rings. The van der Waals surface area contributed by atoms with Gasteiger partial charge < -0.3 is 14.2 Å². The third-order valence-electron chi connectivity index (χ3n) is 4.88. The molecule has 1 atom stereocenters. The molecule has 0 bridgehead atoms. The zero-order valence-corrected chi connectivity index (χ0v) is 15.3. The minimum absolute atomic E-state index is 0.0881. The molecule has 1 aromatic heterocycles. The molecule has 0 radical (unpaired) electrons. The van der Waals surface area contributed by atoms with Gasteiger partial charge in [-0.2, -0.15) is 0 Å². The van der Waals surface area contributed by atoms with Gasteiger partial charge in [0, 0.05) is 39.8 Å². The molecule has 138 valence electrons. The molecule has 1 fully saturated rings. The first-order valence-electron chi connectivity index (χ1n) is 8.92. The maximum absolute atomic E-state index is 12.7. The molecule has 2 heterocycles. The Kier molecular flexibility index (Phi) is 5.73. The fraction of sp³-hybridized carbons (Fsp3) is 0.400. The van der Waals surface area contributed by atoms with Crippen LogP contribution in [0.5, 0.6) is 0 Å². The number of carbonyl (C=O) groups is 2. The Morgan fingerprint density at radius 3 is 2.38 bits per heavy atom. The molecule has 26 heavy (non-hydrogen) atoms. The van der Waals surface area contributed by atoms with Crippen LogP contribution in [0.25, 0.3) is 0 Å². The number of carbonyl (C=O) groups excluding carboxylic acids is 2. The van der Waals surface area contributed by atoms with Crippen LogP contribution in [-0.4, -0.2) is 65.8 Å². The van der Waals surface area contributed by atoms with Gasteiger partial charge in [0.05, 0.1) is 12.3 Å². The summed E-state index contributed by atoms with van der Waals surface area (Å²) in [6, 6.07) is 13.2. The average Bonchev–Trinajstić information content (AvgIpc) is 3.22. The Morgan fingerprint density at radius 1 is 1.08 bits per heavy atom. The lowest BCUT2D eigenvalue weighted by molar-refractivity contribution is -0.136. The molecule has 0 N–H and O–H groups in total. The van der Waals surface area contributed by atoms with Gasteiger partial charge >= 0.3 is 0 Å². The number of benzene rings is 1. The van der Waals surface area contributed by atoms with Gasteiger partial charge in [0.25, 0.3) is 5.91 Å². The summed E-state index contributed by atoms with van der Waals surface area (Å²) in [5, 5.41) is 0. The third kappa shape index (κ3) is 4.14. The van der Waals surface area contributed by atoms with Crippen LogP contribution in [0.1, 0.15) is 23.0 Å². The van der Waals surface area contributed by atoms with E-state index in [9.17, 15) is 9.59 Å². The van der Waals surface area contributed by atoms with E-state index >= 15 is 0 Å². The molecule has 1 aromatic carbocycles. The third-order valence-corrected chi connectivity index (χ3v) is 4.88. The van der Waals surface area contributed by atoms with Crippen molar-refractivity contribution < 1.29 is 14.0 Å². The number of nitrogens with zero attached hydrogens (tertiary/aromatic N) is 3. The second-order valence-electron chi connectivity index (χ2n) is 6.66. The van der Waals surface area contributed by atoms with Crippen LogP contribution in [-0.2, 0) is 11.3 Å². The molecule has 0 saturated carbocycles. The van der Waals surface area contributed by atoms with Crippen LogP contribution in [0.2, 0.25) is 0 Å². The maximum Gasteiger partial charge on any atom is 0.289 e. The molecular formula is C20H25N3O3. The lowest BCUT2D eigenvalue weighted by Gasteiger charge is -2.38. The van der Waals surface area contributed by atoms with Gasteiger partial charge in [-0.15, -0.1) is 0 Å². The molecule has 6 heteroatoms. The summed E-state index contributed by atoms with van der Waals surface area (Å²) < 4.78 is 5.18. The van der Waals surface area contributed by atoms with Crippen molar-refractivity contribution in [1.29, 1.82) is 0 Å². The Bertz CT molecular complexity index is 722. The normalized spacial score (nSPS) is 16.3. The molecule has 0 unspecified atom stereocenters. The highest BCUT2D eigenvalue weighted by atomic mass is 16.3. The number of furan rings is 1. The summed E-state index contributed by atoms with van der Waals surface area (Å²) in [5.41, 5.74) is 1.12. The number of rotatable bonds is 5. The van der Waals surface area contributed by atoms with Crippen molar-refractivity contribution in [1.82, 2.24) is 14.7 Å². The largest absolute Gasteiger partial charge is 0.459 e. The van der Waals surface area contributed by atoms with Crippen LogP contribution in [0.4, 0.5) is 0 Å². The minimum atomic E-state index is -0.204. The monoisotopic (exact) mass is 355 g/mol. The first kappa shape index (κ1) is 18.2. The summed E-state index contributed by atoms with van der Waals surface area (Å²) in [7, 11) is 1.84. The smallest absolute Gasteiger partial charge is 0.289 e. The van der Waals surface area contributed by atoms with Gasteiger partial charge in [-0.05, 0) is 24.6 Å². The predicted octanol–water partition coefficient (Wildman–Crippen LogP) is 2.08. The lowest BCUT2D eigenvalue weighted by Crippen LogP contribution is -2.55. The number of hydrogen-bond donors (Lipinski definition) is 0. The van der Waals surface area contributed by atoms with Crippen LogP contribution >= 0.6 is 0 Å². The quantitative estimate of drug-likeness (QED) is 0.824. The van der Waals surface area contributed by atoms with Gasteiger partial charge in [-0.1, -0.05) is 30.3 Å². The van der Waals surface area contributed by atoms with E-state index < -0.39 is 0 Å². The second-order valence-corrected chi connectivity index (χ2v) is 6.66. The van der Waals surface area contributed by atoms with Crippen LogP contribution in [0.15, 0.2) is 53.1 Å². The maximum atomic E-state index is 12.7. The van der Waals surface area contributed by atoms with Crippen molar-refractivity contribution in [2.24, 2.45) is 0 Å². The van der Waals surface area contributed by atoms with E-state index in [0.29, 0.717) is 38.5 Å². The highest BCUT2D eigenvalue weighted by Gasteiger charge is 2.29. The van der Waals surface area contributed by atoms with Crippen molar-refractivity contribution in [2.45, 2.75) is 19.5 Å². The molecule has 1 saturated heterocycles. The van der Waals surface area contributed by atoms with Crippen molar-refractivity contribution in [3.05, 3.63) is 60.1 Å². The Hall–Kier alpha value is -2.60. The first-order valence-corrected chi connectivity index (χ1v) is 8.92. The Balaban J connectivity index is 1.52. The van der Waals surface area contributed by atoms with E-state index in [1.54, 1.807) is 21.9 Å². The van der Waals surface area contributed by atoms with Crippen LogP contribution in [0, 0.1) is 0 Å². The second kappa shape index (κ2) is 8.19. The van der Waals surface area contributed by atoms with E-state index in [0.717, 1.165) is 5.56 Å². The molecule has 0 spiro atoms. The van der Waals surface area contributed by atoms with Gasteiger partial charge in [0.15, 0.2) is 5.76 Å². The van der Waals surface area contributed by atoms with E-state index in [4.69, 9.17) is 4.42 Å². The summed E-state index contributed by atoms with van der Waals surface area (Å²) in [6.45, 7) is 5.09. The molecule has 0 aliphatic carbocycles. The predicted molar refractivity (Wildman–Crippen MR) is 98.6 cm³/mol. The topological polar surface area (TPSA) is 57.0 Å². The van der Waals surface area contributed by atoms with Crippen LogP contribution in [0.3, 0.4) is 0 Å². The van der Waals surface area contributed by atoms with E-state index in [2.05, 4.69) is 4.90 Å². The molecular weight excluding hydrogens is 330 g/mol. The molecule has 2 amide bonds. The Morgan fingerprint density at radius 2 is 1.77 bits per heavy atom. The van der Waals surface area contributed by atoms with Crippen molar-refractivity contribution in [2.75, 3.05) is 33.2 Å². The fourth-order valence-corrected chi connectivity index (χ4v) is 3.28. The number of likely N-dealkylation sites (N-methyl/N-ethyl adjacent to an activating group) is 1. The summed E-state index contributed by atoms with van der Waals surface area (Å²) in [5.74, 6) is 0.375. The fourth-order valence-electron chi connectivity index (χ4n) is 3.28. The zero-order chi connectivity index (χ0) is 18.5. The number of hydrogen-bond acceptors (Lipinski definition) is 4. The Labute approximate surface area is 154 Å². The van der Waals surface area contributed by atoms with Gasteiger partial charge in [0.1, 0.15) is 0 Å².